The van der Waals surface area contributed by atoms with E-state index in [9.17, 15) is 4.79 Å². The van der Waals surface area contributed by atoms with Gasteiger partial charge in [-0.15, -0.1) is 0 Å². The number of nitrogens with one attached hydrogen (secondary N) is 3. The van der Waals surface area contributed by atoms with Crippen molar-refractivity contribution in [3.8, 4) is 0 Å². The third kappa shape index (κ3) is 2.54. The number of fused-ring (bicyclic) bond motifs is 1. The van der Waals surface area contributed by atoms with Gasteiger partial charge in [-0.25, -0.2) is 0 Å². The number of aromatic nitrogens is 3. The van der Waals surface area contributed by atoms with E-state index in [1.807, 2.05) is 30.3 Å². The molecule has 1 aromatic carbocycles. The molecule has 5 nitrogen and oxygen atoms in total. The van der Waals surface area contributed by atoms with Crippen LogP contribution in [-0.4, -0.2) is 21.1 Å². The molecule has 108 valence electrons. The summed E-state index contributed by atoms with van der Waals surface area (Å²) in [6, 6.07) is 9.58. The fraction of sp³-hybridized carbons (Fsp3) is 0.250. The second-order valence-corrected chi connectivity index (χ2v) is 6.12. The highest BCUT2D eigenvalue weighted by Gasteiger charge is 2.18. The fourth-order valence-corrected chi connectivity index (χ4v) is 2.21. The number of H-pyrrole nitrogens is 2. The van der Waals surface area contributed by atoms with Crippen molar-refractivity contribution < 1.29 is 4.79 Å². The molecule has 3 rings (SSSR count). The molecule has 1 amide bonds. The summed E-state index contributed by atoms with van der Waals surface area (Å²) in [6.07, 6.45) is 1.72. The second kappa shape index (κ2) is 4.77. The van der Waals surface area contributed by atoms with Gasteiger partial charge in [-0.1, -0.05) is 39.0 Å². The van der Waals surface area contributed by atoms with Gasteiger partial charge in [0.25, 0.3) is 5.91 Å². The maximum atomic E-state index is 12.4. The minimum Gasteiger partial charge on any atom is -0.360 e. The predicted octanol–water partition coefficient (Wildman–Crippen LogP) is 3.44. The lowest BCUT2D eigenvalue weighted by Gasteiger charge is -2.14. The van der Waals surface area contributed by atoms with E-state index in [1.54, 1.807) is 6.20 Å². The average Bonchev–Trinajstić information content (AvgIpc) is 3.03. The quantitative estimate of drug-likeness (QED) is 0.673. The van der Waals surface area contributed by atoms with E-state index in [0.717, 1.165) is 16.6 Å². The molecule has 0 spiro atoms. The van der Waals surface area contributed by atoms with Crippen LogP contribution >= 0.6 is 0 Å². The molecule has 0 aliphatic carbocycles. The van der Waals surface area contributed by atoms with Crippen LogP contribution in [-0.2, 0) is 5.41 Å². The Morgan fingerprint density at radius 2 is 2.00 bits per heavy atom. The minimum atomic E-state index is -0.167. The van der Waals surface area contributed by atoms with Crippen LogP contribution in [0.5, 0.6) is 0 Å². The van der Waals surface area contributed by atoms with E-state index >= 15 is 0 Å². The summed E-state index contributed by atoms with van der Waals surface area (Å²) < 4.78 is 0. The van der Waals surface area contributed by atoms with Gasteiger partial charge in [0.2, 0.25) is 0 Å². The summed E-state index contributed by atoms with van der Waals surface area (Å²) >= 11 is 0. The third-order valence-electron chi connectivity index (χ3n) is 3.46. The van der Waals surface area contributed by atoms with Gasteiger partial charge in [0, 0.05) is 34.3 Å². The third-order valence-corrected chi connectivity index (χ3v) is 3.46. The summed E-state index contributed by atoms with van der Waals surface area (Å²) in [6.45, 7) is 6.27. The summed E-state index contributed by atoms with van der Waals surface area (Å²) in [7, 11) is 0. The standard InChI is InChI=1S/C16H18N4O/c1-16(2,3)13-8-14(20-19-13)18-15(21)11-9-17-12-7-5-4-6-10(11)12/h4-9,17H,1-3H3,(H2,18,19,20,21). The number of benzene rings is 1. The number of aromatic amines is 2. The maximum absolute atomic E-state index is 12.4. The first-order valence-corrected chi connectivity index (χ1v) is 6.88. The van der Waals surface area contributed by atoms with Gasteiger partial charge in [0.15, 0.2) is 5.82 Å². The topological polar surface area (TPSA) is 73.6 Å². The molecule has 3 N–H and O–H groups in total. The molecule has 2 heterocycles. The van der Waals surface area contributed by atoms with Gasteiger partial charge in [-0.2, -0.15) is 5.10 Å². The number of hydrogen-bond acceptors (Lipinski definition) is 2. The summed E-state index contributed by atoms with van der Waals surface area (Å²) in [5.41, 5.74) is 2.51. The zero-order valence-electron chi connectivity index (χ0n) is 12.3. The van der Waals surface area contributed by atoms with Gasteiger partial charge in [-0.05, 0) is 6.07 Å². The molecule has 0 bridgehead atoms. The molecule has 0 saturated heterocycles. The van der Waals surface area contributed by atoms with Crippen molar-refractivity contribution in [1.29, 1.82) is 0 Å². The molecule has 0 fully saturated rings. The molecular weight excluding hydrogens is 264 g/mol. The molecule has 0 aliphatic heterocycles. The monoisotopic (exact) mass is 282 g/mol. The van der Waals surface area contributed by atoms with E-state index in [0.29, 0.717) is 11.4 Å². The van der Waals surface area contributed by atoms with Crippen molar-refractivity contribution in [2.24, 2.45) is 0 Å². The highest BCUT2D eigenvalue weighted by atomic mass is 16.1. The van der Waals surface area contributed by atoms with Gasteiger partial charge in [-0.3, -0.25) is 9.89 Å². The van der Waals surface area contributed by atoms with Gasteiger partial charge in [0.1, 0.15) is 0 Å². The summed E-state index contributed by atoms with van der Waals surface area (Å²) in [5, 5.41) is 10.8. The number of carbonyl (C=O) groups is 1. The number of para-hydroxylation sites is 1. The SMILES string of the molecule is CC(C)(C)c1cc(NC(=O)c2c[nH]c3ccccc23)n[nH]1. The van der Waals surface area contributed by atoms with Crippen molar-refractivity contribution in [2.75, 3.05) is 5.32 Å². The molecule has 0 aliphatic rings. The van der Waals surface area contributed by atoms with Crippen LogP contribution < -0.4 is 5.32 Å². The highest BCUT2D eigenvalue weighted by molar-refractivity contribution is 6.12. The minimum absolute atomic E-state index is 0.0310. The average molecular weight is 282 g/mol. The second-order valence-electron chi connectivity index (χ2n) is 6.12. The molecule has 5 heteroatoms. The summed E-state index contributed by atoms with van der Waals surface area (Å²) in [4.78, 5) is 15.5. The van der Waals surface area contributed by atoms with Crippen molar-refractivity contribution >= 4 is 22.6 Å². The molecule has 0 saturated carbocycles. The number of hydrogen-bond donors (Lipinski definition) is 3. The normalized spacial score (nSPS) is 11.8. The Bertz CT molecular complexity index is 792. The van der Waals surface area contributed by atoms with E-state index in [-0.39, 0.29) is 11.3 Å². The Hall–Kier alpha value is -2.56. The number of anilines is 1. The first-order valence-electron chi connectivity index (χ1n) is 6.88. The molecule has 0 atom stereocenters. The lowest BCUT2D eigenvalue weighted by molar-refractivity contribution is 0.102. The number of carbonyl (C=O) groups excluding carboxylic acids is 1. The van der Waals surface area contributed by atoms with E-state index in [2.05, 4.69) is 41.3 Å². The molecule has 3 aromatic rings. The van der Waals surface area contributed by atoms with Crippen molar-refractivity contribution in [3.05, 3.63) is 47.8 Å². The zero-order valence-corrected chi connectivity index (χ0v) is 12.3. The van der Waals surface area contributed by atoms with E-state index in [1.165, 1.54) is 0 Å². The van der Waals surface area contributed by atoms with Crippen molar-refractivity contribution in [3.63, 3.8) is 0 Å². The molecular formula is C16H18N4O. The first kappa shape index (κ1) is 13.4. The van der Waals surface area contributed by atoms with Crippen LogP contribution in [0.15, 0.2) is 36.5 Å². The zero-order chi connectivity index (χ0) is 15.0. The fourth-order valence-electron chi connectivity index (χ4n) is 2.21. The lowest BCUT2D eigenvalue weighted by Crippen LogP contribution is -2.12. The Morgan fingerprint density at radius 3 is 2.71 bits per heavy atom. The van der Waals surface area contributed by atoms with Gasteiger partial charge < -0.3 is 10.3 Å². The molecule has 2 aromatic heterocycles. The van der Waals surface area contributed by atoms with Crippen LogP contribution in [0.3, 0.4) is 0 Å². The number of rotatable bonds is 2. The van der Waals surface area contributed by atoms with Crippen LogP contribution in [0, 0.1) is 0 Å². The number of nitrogens with zero attached hydrogens (tertiary/aromatic N) is 1. The van der Waals surface area contributed by atoms with Crippen molar-refractivity contribution in [1.82, 2.24) is 15.2 Å². The highest BCUT2D eigenvalue weighted by Crippen LogP contribution is 2.23. The molecule has 0 unspecified atom stereocenters. The van der Waals surface area contributed by atoms with E-state index in [4.69, 9.17) is 0 Å². The largest absolute Gasteiger partial charge is 0.360 e. The van der Waals surface area contributed by atoms with Crippen LogP contribution in [0.2, 0.25) is 0 Å². The van der Waals surface area contributed by atoms with Crippen molar-refractivity contribution in [2.45, 2.75) is 26.2 Å². The van der Waals surface area contributed by atoms with E-state index < -0.39 is 0 Å². The van der Waals surface area contributed by atoms with Crippen LogP contribution in [0.4, 0.5) is 5.82 Å². The molecule has 0 radical (unpaired) electrons. The Morgan fingerprint density at radius 1 is 1.24 bits per heavy atom. The summed E-state index contributed by atoms with van der Waals surface area (Å²) in [5.74, 6) is 0.370. The number of amides is 1. The Kier molecular flexibility index (Phi) is 3.05. The Labute approximate surface area is 122 Å². The Balaban J connectivity index is 1.85. The lowest BCUT2D eigenvalue weighted by atomic mass is 9.92. The maximum Gasteiger partial charge on any atom is 0.259 e. The van der Waals surface area contributed by atoms with Crippen LogP contribution in [0.25, 0.3) is 10.9 Å². The predicted molar refractivity (Wildman–Crippen MR) is 83.5 cm³/mol. The van der Waals surface area contributed by atoms with Crippen LogP contribution in [0.1, 0.15) is 36.8 Å². The first-order chi connectivity index (χ1) is 9.95. The van der Waals surface area contributed by atoms with Gasteiger partial charge in [0.05, 0.1) is 5.56 Å². The molecule has 21 heavy (non-hydrogen) atoms. The van der Waals surface area contributed by atoms with Gasteiger partial charge >= 0.3 is 0 Å². The smallest absolute Gasteiger partial charge is 0.259 e.